The van der Waals surface area contributed by atoms with Crippen LogP contribution in [0, 0.1) is 5.41 Å². The second kappa shape index (κ2) is 4.91. The van der Waals surface area contributed by atoms with Gasteiger partial charge in [0, 0.05) is 12.6 Å². The second-order valence-corrected chi connectivity index (χ2v) is 5.43. The van der Waals surface area contributed by atoms with Gasteiger partial charge in [-0.1, -0.05) is 0 Å². The van der Waals surface area contributed by atoms with Gasteiger partial charge in [-0.3, -0.25) is 10.3 Å². The van der Waals surface area contributed by atoms with Crippen molar-refractivity contribution in [1.82, 2.24) is 4.90 Å². The predicted molar refractivity (Wildman–Crippen MR) is 65.9 cm³/mol. The van der Waals surface area contributed by atoms with Crippen LogP contribution in [-0.2, 0) is 4.74 Å². The van der Waals surface area contributed by atoms with Gasteiger partial charge in [0.25, 0.3) is 0 Å². The summed E-state index contributed by atoms with van der Waals surface area (Å²) in [6.45, 7) is 5.91. The van der Waals surface area contributed by atoms with Crippen LogP contribution in [0.15, 0.2) is 0 Å². The molecule has 1 aliphatic rings. The van der Waals surface area contributed by atoms with Crippen LogP contribution in [0.25, 0.3) is 0 Å². The Hall–Kier alpha value is -1.30. The van der Waals surface area contributed by atoms with Crippen molar-refractivity contribution in [2.75, 3.05) is 6.54 Å². The molecule has 6 nitrogen and oxygen atoms in total. The molecule has 2 unspecified atom stereocenters. The molecular formula is C11H22N4O2. The van der Waals surface area contributed by atoms with Crippen molar-refractivity contribution in [3.05, 3.63) is 0 Å². The second-order valence-electron chi connectivity index (χ2n) is 5.43. The van der Waals surface area contributed by atoms with Crippen LogP contribution in [0.4, 0.5) is 4.79 Å². The zero-order valence-electron chi connectivity index (χ0n) is 10.7. The van der Waals surface area contributed by atoms with E-state index in [0.29, 0.717) is 19.4 Å². The van der Waals surface area contributed by atoms with E-state index in [9.17, 15) is 4.79 Å². The first-order valence-electron chi connectivity index (χ1n) is 5.80. The van der Waals surface area contributed by atoms with Crippen molar-refractivity contribution in [2.45, 2.75) is 51.3 Å². The number of likely N-dealkylation sites (tertiary alicyclic amines) is 1. The zero-order valence-corrected chi connectivity index (χ0v) is 10.7. The van der Waals surface area contributed by atoms with Gasteiger partial charge in [-0.2, -0.15) is 0 Å². The molecule has 0 aromatic heterocycles. The highest BCUT2D eigenvalue weighted by atomic mass is 16.6. The molecule has 1 amide bonds. The third kappa shape index (κ3) is 3.89. The number of hydrogen-bond acceptors (Lipinski definition) is 4. The van der Waals surface area contributed by atoms with Gasteiger partial charge in [0.2, 0.25) is 0 Å². The summed E-state index contributed by atoms with van der Waals surface area (Å²) >= 11 is 0. The molecule has 2 atom stereocenters. The van der Waals surface area contributed by atoms with E-state index in [1.807, 2.05) is 20.8 Å². The Morgan fingerprint density at radius 1 is 1.47 bits per heavy atom. The molecular weight excluding hydrogens is 220 g/mol. The fourth-order valence-corrected chi connectivity index (χ4v) is 1.83. The van der Waals surface area contributed by atoms with Crippen LogP contribution in [0.1, 0.15) is 33.6 Å². The fraction of sp³-hybridized carbons (Fsp3) is 0.818. The van der Waals surface area contributed by atoms with Gasteiger partial charge in [-0.25, -0.2) is 4.79 Å². The van der Waals surface area contributed by atoms with E-state index in [-0.39, 0.29) is 11.9 Å². The highest BCUT2D eigenvalue weighted by molar-refractivity contribution is 5.86. The van der Waals surface area contributed by atoms with E-state index in [2.05, 4.69) is 0 Å². The maximum Gasteiger partial charge on any atom is 0.410 e. The minimum absolute atomic E-state index is 0.0115. The molecule has 0 bridgehead atoms. The number of piperidine rings is 1. The summed E-state index contributed by atoms with van der Waals surface area (Å²) in [6, 6.07) is -0.448. The number of hydrogen-bond donors (Lipinski definition) is 3. The first-order valence-corrected chi connectivity index (χ1v) is 5.80. The van der Waals surface area contributed by atoms with Crippen LogP contribution in [0.3, 0.4) is 0 Å². The molecule has 6 heteroatoms. The summed E-state index contributed by atoms with van der Waals surface area (Å²) in [5.41, 5.74) is 10.8. The number of amides is 1. The number of carbonyl (C=O) groups is 1. The predicted octanol–water partition coefficient (Wildman–Crippen LogP) is 0.649. The van der Waals surface area contributed by atoms with Crippen LogP contribution >= 0.6 is 0 Å². The van der Waals surface area contributed by atoms with E-state index in [1.54, 1.807) is 0 Å². The maximum absolute atomic E-state index is 11.9. The van der Waals surface area contributed by atoms with E-state index in [4.69, 9.17) is 21.6 Å². The minimum Gasteiger partial charge on any atom is -0.444 e. The molecule has 0 aliphatic carbocycles. The van der Waals surface area contributed by atoms with Gasteiger partial charge < -0.3 is 16.2 Å². The monoisotopic (exact) mass is 242 g/mol. The summed E-state index contributed by atoms with van der Waals surface area (Å²) in [7, 11) is 0. The summed E-state index contributed by atoms with van der Waals surface area (Å²) < 4.78 is 5.29. The molecule has 98 valence electrons. The quantitative estimate of drug-likeness (QED) is 0.463. The van der Waals surface area contributed by atoms with Crippen molar-refractivity contribution >= 4 is 11.9 Å². The number of nitrogens with one attached hydrogen (secondary N) is 1. The normalized spacial score (nSPS) is 25.5. The first kappa shape index (κ1) is 13.8. The lowest BCUT2D eigenvalue weighted by Crippen LogP contribution is -2.55. The average Bonchev–Trinajstić information content (AvgIpc) is 2.14. The van der Waals surface area contributed by atoms with Crippen LogP contribution in [0.2, 0.25) is 0 Å². The van der Waals surface area contributed by atoms with E-state index >= 15 is 0 Å². The summed E-state index contributed by atoms with van der Waals surface area (Å²) in [4.78, 5) is 13.4. The van der Waals surface area contributed by atoms with Gasteiger partial charge in [-0.15, -0.1) is 0 Å². The Balaban J connectivity index is 2.73. The van der Waals surface area contributed by atoms with Crippen molar-refractivity contribution in [3.8, 4) is 0 Å². The molecule has 1 heterocycles. The van der Waals surface area contributed by atoms with Crippen LogP contribution in [0.5, 0.6) is 0 Å². The zero-order chi connectivity index (χ0) is 13.2. The molecule has 1 saturated heterocycles. The highest BCUT2D eigenvalue weighted by Gasteiger charge is 2.34. The molecule has 1 fully saturated rings. The number of amidine groups is 1. The number of nitrogens with zero attached hydrogens (tertiary/aromatic N) is 1. The molecule has 5 N–H and O–H groups in total. The third-order valence-electron chi connectivity index (χ3n) is 2.63. The lowest BCUT2D eigenvalue weighted by Gasteiger charge is -2.38. The standard InChI is InChI=1S/C11H22N4O2/c1-11(2,3)17-10(16)15-5-4-7(12)6-8(15)9(13)14/h7-8H,4-6,12H2,1-3H3,(H3,13,14). The molecule has 0 aromatic rings. The molecule has 0 spiro atoms. The SMILES string of the molecule is CC(C)(C)OC(=O)N1CCC(N)CC1C(=N)N. The summed E-state index contributed by atoms with van der Waals surface area (Å²) in [5, 5.41) is 7.51. The smallest absolute Gasteiger partial charge is 0.410 e. The van der Waals surface area contributed by atoms with Crippen LogP contribution in [-0.4, -0.2) is 41.1 Å². The number of rotatable bonds is 1. The fourth-order valence-electron chi connectivity index (χ4n) is 1.83. The van der Waals surface area contributed by atoms with Gasteiger partial charge in [0.1, 0.15) is 11.4 Å². The maximum atomic E-state index is 11.9. The minimum atomic E-state index is -0.544. The number of ether oxygens (including phenoxy) is 1. The average molecular weight is 242 g/mol. The Labute approximate surface area is 102 Å². The van der Waals surface area contributed by atoms with Gasteiger partial charge >= 0.3 is 6.09 Å². The lowest BCUT2D eigenvalue weighted by atomic mass is 9.97. The van der Waals surface area contributed by atoms with E-state index in [1.165, 1.54) is 4.90 Å². The van der Waals surface area contributed by atoms with Gasteiger partial charge in [-0.05, 0) is 33.6 Å². The Morgan fingerprint density at radius 2 is 2.06 bits per heavy atom. The van der Waals surface area contributed by atoms with E-state index in [0.717, 1.165) is 0 Å². The van der Waals surface area contributed by atoms with Gasteiger partial charge in [0.15, 0.2) is 0 Å². The highest BCUT2D eigenvalue weighted by Crippen LogP contribution is 2.19. The summed E-state index contributed by atoms with van der Waals surface area (Å²) in [5.74, 6) is -0.0361. The first-order chi connectivity index (χ1) is 7.70. The molecule has 0 radical (unpaired) electrons. The Bertz CT molecular complexity index is 311. The van der Waals surface area contributed by atoms with Crippen molar-refractivity contribution in [1.29, 1.82) is 5.41 Å². The molecule has 1 aliphatic heterocycles. The lowest BCUT2D eigenvalue weighted by molar-refractivity contribution is 0.0153. The Kier molecular flexibility index (Phi) is 3.98. The van der Waals surface area contributed by atoms with Crippen molar-refractivity contribution in [3.63, 3.8) is 0 Å². The number of nitrogens with two attached hydrogens (primary N) is 2. The molecule has 0 aromatic carbocycles. The molecule has 0 saturated carbocycles. The number of carbonyl (C=O) groups excluding carboxylic acids is 1. The van der Waals surface area contributed by atoms with E-state index < -0.39 is 17.7 Å². The van der Waals surface area contributed by atoms with Crippen molar-refractivity contribution < 1.29 is 9.53 Å². The topological polar surface area (TPSA) is 105 Å². The third-order valence-corrected chi connectivity index (χ3v) is 2.63. The molecule has 1 rings (SSSR count). The molecule has 17 heavy (non-hydrogen) atoms. The van der Waals surface area contributed by atoms with Gasteiger partial charge in [0.05, 0.1) is 6.04 Å². The summed E-state index contributed by atoms with van der Waals surface area (Å²) in [6.07, 6.45) is 0.807. The Morgan fingerprint density at radius 3 is 2.53 bits per heavy atom. The largest absolute Gasteiger partial charge is 0.444 e. The van der Waals surface area contributed by atoms with Crippen molar-refractivity contribution in [2.24, 2.45) is 11.5 Å². The van der Waals surface area contributed by atoms with Crippen LogP contribution < -0.4 is 11.5 Å².